The standard InChI is InChI=1S/C10H5F2NO2/c11-8-3-9-6(1-2-15-9)10(12)7(8)4-13-5-14/h1-3H,4H2. The van der Waals surface area contributed by atoms with Crippen molar-refractivity contribution in [2.24, 2.45) is 4.99 Å². The number of nitrogens with zero attached hydrogens (tertiary/aromatic N) is 1. The van der Waals surface area contributed by atoms with Crippen LogP contribution in [-0.2, 0) is 11.3 Å². The highest BCUT2D eigenvalue weighted by atomic mass is 19.1. The Labute approximate surface area is 83.0 Å². The largest absolute Gasteiger partial charge is 0.464 e. The molecule has 0 aliphatic heterocycles. The summed E-state index contributed by atoms with van der Waals surface area (Å²) in [5.74, 6) is -1.54. The molecular formula is C10H5F2NO2. The van der Waals surface area contributed by atoms with Gasteiger partial charge in [0.05, 0.1) is 18.2 Å². The van der Waals surface area contributed by atoms with Crippen molar-refractivity contribution in [1.29, 1.82) is 0 Å². The Hall–Kier alpha value is -2.00. The smallest absolute Gasteiger partial charge is 0.235 e. The van der Waals surface area contributed by atoms with Gasteiger partial charge in [-0.2, -0.15) is 0 Å². The van der Waals surface area contributed by atoms with Gasteiger partial charge >= 0.3 is 0 Å². The number of carbonyl (C=O) groups excluding carboxylic acids is 1. The van der Waals surface area contributed by atoms with Crippen molar-refractivity contribution in [3.63, 3.8) is 0 Å². The fourth-order valence-corrected chi connectivity index (χ4v) is 1.34. The molecule has 15 heavy (non-hydrogen) atoms. The second-order valence-corrected chi connectivity index (χ2v) is 2.89. The maximum Gasteiger partial charge on any atom is 0.235 e. The summed E-state index contributed by atoms with van der Waals surface area (Å²) in [7, 11) is 0. The van der Waals surface area contributed by atoms with E-state index >= 15 is 0 Å². The van der Waals surface area contributed by atoms with Crippen molar-refractivity contribution >= 4 is 17.0 Å². The third kappa shape index (κ3) is 1.53. The molecule has 0 saturated heterocycles. The molecule has 2 aromatic rings. The summed E-state index contributed by atoms with van der Waals surface area (Å²) in [6.45, 7) is -0.359. The average Bonchev–Trinajstić information content (AvgIpc) is 2.65. The minimum absolute atomic E-state index is 0.129. The minimum atomic E-state index is -0.783. The number of aliphatic imine (C=N–C) groups is 1. The Morgan fingerprint density at radius 1 is 1.47 bits per heavy atom. The number of fused-ring (bicyclic) bond motifs is 1. The number of isocyanates is 1. The van der Waals surface area contributed by atoms with Gasteiger partial charge in [0, 0.05) is 11.6 Å². The van der Waals surface area contributed by atoms with E-state index in [1.807, 2.05) is 0 Å². The summed E-state index contributed by atoms with van der Waals surface area (Å²) in [5, 5.41) is 0.174. The summed E-state index contributed by atoms with van der Waals surface area (Å²) in [6, 6.07) is 2.45. The topological polar surface area (TPSA) is 42.6 Å². The molecule has 0 fully saturated rings. The molecule has 0 N–H and O–H groups in total. The van der Waals surface area contributed by atoms with Crippen LogP contribution < -0.4 is 0 Å². The van der Waals surface area contributed by atoms with Gasteiger partial charge in [0.15, 0.2) is 0 Å². The first-order valence-electron chi connectivity index (χ1n) is 4.11. The lowest BCUT2D eigenvalue weighted by molar-refractivity contribution is 0.550. The highest BCUT2D eigenvalue weighted by Crippen LogP contribution is 2.25. The quantitative estimate of drug-likeness (QED) is 0.563. The van der Waals surface area contributed by atoms with Gasteiger partial charge < -0.3 is 4.42 Å². The van der Waals surface area contributed by atoms with E-state index in [1.165, 1.54) is 18.4 Å². The molecule has 76 valence electrons. The summed E-state index contributed by atoms with van der Waals surface area (Å²) in [4.78, 5) is 13.0. The molecule has 0 unspecified atom stereocenters. The Bertz CT molecular complexity index is 556. The summed E-state index contributed by atoms with van der Waals surface area (Å²) in [6.07, 6.45) is 2.49. The molecular weight excluding hydrogens is 204 g/mol. The molecule has 3 nitrogen and oxygen atoms in total. The van der Waals surface area contributed by atoms with Gasteiger partial charge in [-0.25, -0.2) is 18.6 Å². The molecule has 2 rings (SSSR count). The van der Waals surface area contributed by atoms with E-state index in [2.05, 4.69) is 4.99 Å². The van der Waals surface area contributed by atoms with Crippen LogP contribution in [0.25, 0.3) is 11.0 Å². The molecule has 5 heteroatoms. The second kappa shape index (κ2) is 3.63. The monoisotopic (exact) mass is 209 g/mol. The molecule has 1 aromatic carbocycles. The van der Waals surface area contributed by atoms with Crippen LogP contribution in [0.5, 0.6) is 0 Å². The molecule has 0 bridgehead atoms. The van der Waals surface area contributed by atoms with Crippen LogP contribution in [0.1, 0.15) is 5.56 Å². The maximum atomic E-state index is 13.6. The third-order valence-corrected chi connectivity index (χ3v) is 2.04. The van der Waals surface area contributed by atoms with Crippen LogP contribution in [0.2, 0.25) is 0 Å². The molecule has 1 heterocycles. The fraction of sp³-hybridized carbons (Fsp3) is 0.100. The highest BCUT2D eigenvalue weighted by molar-refractivity contribution is 5.78. The number of hydrogen-bond acceptors (Lipinski definition) is 3. The molecule has 0 atom stereocenters. The lowest BCUT2D eigenvalue weighted by atomic mass is 10.1. The zero-order valence-corrected chi connectivity index (χ0v) is 7.46. The van der Waals surface area contributed by atoms with E-state index in [0.29, 0.717) is 0 Å². The van der Waals surface area contributed by atoms with Crippen molar-refractivity contribution in [3.05, 3.63) is 35.6 Å². The first-order chi connectivity index (χ1) is 7.24. The number of halogens is 2. The highest BCUT2D eigenvalue weighted by Gasteiger charge is 2.14. The number of rotatable bonds is 2. The number of benzene rings is 1. The van der Waals surface area contributed by atoms with Crippen LogP contribution in [0, 0.1) is 11.6 Å². The summed E-state index contributed by atoms with van der Waals surface area (Å²) < 4.78 is 31.7. The van der Waals surface area contributed by atoms with Gasteiger partial charge in [-0.3, -0.25) is 0 Å². The van der Waals surface area contributed by atoms with Gasteiger partial charge in [-0.05, 0) is 6.07 Å². The average molecular weight is 209 g/mol. The molecule has 0 amide bonds. The lowest BCUT2D eigenvalue weighted by Gasteiger charge is -2.01. The normalized spacial score (nSPS) is 10.3. The maximum absolute atomic E-state index is 13.6. The van der Waals surface area contributed by atoms with E-state index in [1.54, 1.807) is 0 Å². The molecule has 1 aromatic heterocycles. The van der Waals surface area contributed by atoms with E-state index in [9.17, 15) is 13.6 Å². The molecule has 0 saturated carbocycles. The Morgan fingerprint density at radius 2 is 2.27 bits per heavy atom. The van der Waals surface area contributed by atoms with Crippen LogP contribution in [0.15, 0.2) is 27.8 Å². The van der Waals surface area contributed by atoms with Crippen LogP contribution in [0.3, 0.4) is 0 Å². The van der Waals surface area contributed by atoms with Crippen molar-refractivity contribution in [3.8, 4) is 0 Å². The van der Waals surface area contributed by atoms with Crippen molar-refractivity contribution in [2.45, 2.75) is 6.54 Å². The van der Waals surface area contributed by atoms with Gasteiger partial charge in [-0.15, -0.1) is 0 Å². The molecule has 0 spiro atoms. The van der Waals surface area contributed by atoms with E-state index in [4.69, 9.17) is 4.42 Å². The first kappa shape index (κ1) is 9.55. The second-order valence-electron chi connectivity index (χ2n) is 2.89. The SMILES string of the molecule is O=C=NCc1c(F)cc2occc2c1F. The van der Waals surface area contributed by atoms with Gasteiger partial charge in [0.2, 0.25) is 6.08 Å². The van der Waals surface area contributed by atoms with Crippen molar-refractivity contribution in [2.75, 3.05) is 0 Å². The number of hydrogen-bond donors (Lipinski definition) is 0. The zero-order valence-electron chi connectivity index (χ0n) is 7.46. The van der Waals surface area contributed by atoms with Gasteiger partial charge in [-0.1, -0.05) is 0 Å². The first-order valence-corrected chi connectivity index (χ1v) is 4.11. The Balaban J connectivity index is 2.66. The summed E-state index contributed by atoms with van der Waals surface area (Å²) in [5.41, 5.74) is -0.129. The molecule has 0 radical (unpaired) electrons. The van der Waals surface area contributed by atoms with Crippen molar-refractivity contribution in [1.82, 2.24) is 0 Å². The number of furan rings is 1. The molecule has 0 aliphatic carbocycles. The van der Waals surface area contributed by atoms with Crippen LogP contribution in [-0.4, -0.2) is 6.08 Å². The minimum Gasteiger partial charge on any atom is -0.464 e. The third-order valence-electron chi connectivity index (χ3n) is 2.04. The predicted molar refractivity (Wildman–Crippen MR) is 48.0 cm³/mol. The predicted octanol–water partition coefficient (Wildman–Crippen LogP) is 2.55. The molecule has 0 aliphatic rings. The van der Waals surface area contributed by atoms with Crippen LogP contribution in [0.4, 0.5) is 8.78 Å². The van der Waals surface area contributed by atoms with Gasteiger partial charge in [0.25, 0.3) is 0 Å². The van der Waals surface area contributed by atoms with Crippen molar-refractivity contribution < 1.29 is 18.0 Å². The zero-order chi connectivity index (χ0) is 10.8. The van der Waals surface area contributed by atoms with E-state index < -0.39 is 11.6 Å². The van der Waals surface area contributed by atoms with E-state index in [-0.39, 0.29) is 23.1 Å². The van der Waals surface area contributed by atoms with Crippen LogP contribution >= 0.6 is 0 Å². The lowest BCUT2D eigenvalue weighted by Crippen LogP contribution is -1.94. The Kier molecular flexibility index (Phi) is 2.31. The summed E-state index contributed by atoms with van der Waals surface area (Å²) >= 11 is 0. The fourth-order valence-electron chi connectivity index (χ4n) is 1.34. The van der Waals surface area contributed by atoms with E-state index in [0.717, 1.165) is 6.07 Å². The van der Waals surface area contributed by atoms with Gasteiger partial charge in [0.1, 0.15) is 17.2 Å². The Morgan fingerprint density at radius 3 is 3.00 bits per heavy atom.